The van der Waals surface area contributed by atoms with Gasteiger partial charge in [0.2, 0.25) is 0 Å². The maximum atomic E-state index is 10.2. The Labute approximate surface area is 140 Å². The van der Waals surface area contributed by atoms with Crippen molar-refractivity contribution in [1.29, 1.82) is 5.26 Å². The van der Waals surface area contributed by atoms with Crippen molar-refractivity contribution < 1.29 is 5.11 Å². The molecular formula is C18H21N5O. The summed E-state index contributed by atoms with van der Waals surface area (Å²) in [6.45, 7) is 1.76. The van der Waals surface area contributed by atoms with Crippen molar-refractivity contribution in [3.05, 3.63) is 24.3 Å². The molecule has 1 aliphatic carbocycles. The van der Waals surface area contributed by atoms with Crippen LogP contribution in [0, 0.1) is 17.2 Å². The maximum Gasteiger partial charge on any atom is 0.139 e. The van der Waals surface area contributed by atoms with Crippen LogP contribution >= 0.6 is 0 Å². The zero-order chi connectivity index (χ0) is 16.7. The van der Waals surface area contributed by atoms with E-state index in [0.717, 1.165) is 47.8 Å². The van der Waals surface area contributed by atoms with Crippen LogP contribution in [0.4, 0.5) is 0 Å². The van der Waals surface area contributed by atoms with E-state index >= 15 is 0 Å². The van der Waals surface area contributed by atoms with Crippen LogP contribution in [0.3, 0.4) is 0 Å². The average molecular weight is 323 g/mol. The molecule has 0 amide bonds. The van der Waals surface area contributed by atoms with Crippen LogP contribution in [0.15, 0.2) is 18.5 Å². The predicted octanol–water partition coefficient (Wildman–Crippen LogP) is 3.61. The maximum absolute atomic E-state index is 10.2. The predicted molar refractivity (Wildman–Crippen MR) is 91.2 cm³/mol. The minimum absolute atomic E-state index is 0.315. The summed E-state index contributed by atoms with van der Waals surface area (Å²) in [5, 5.41) is 20.2. The second-order valence-corrected chi connectivity index (χ2v) is 6.78. The first-order chi connectivity index (χ1) is 11.7. The summed E-state index contributed by atoms with van der Waals surface area (Å²) in [5.74, 6) is 1.22. The lowest BCUT2D eigenvalue weighted by atomic mass is 9.84. The number of nitrogens with zero attached hydrogens (tertiary/aromatic N) is 4. The van der Waals surface area contributed by atoms with E-state index in [1.807, 2.05) is 12.3 Å². The van der Waals surface area contributed by atoms with Crippen LogP contribution in [-0.4, -0.2) is 24.6 Å². The van der Waals surface area contributed by atoms with Gasteiger partial charge >= 0.3 is 0 Å². The first-order valence-electron chi connectivity index (χ1n) is 8.58. The van der Waals surface area contributed by atoms with E-state index < -0.39 is 6.10 Å². The fourth-order valence-electron chi connectivity index (χ4n) is 4.01. The van der Waals surface area contributed by atoms with E-state index in [0.29, 0.717) is 24.2 Å². The molecule has 0 aromatic carbocycles. The molecule has 1 atom stereocenters. The smallest absolute Gasteiger partial charge is 0.139 e. The highest BCUT2D eigenvalue weighted by molar-refractivity contribution is 6.01. The third kappa shape index (κ3) is 2.36. The van der Waals surface area contributed by atoms with E-state index in [1.54, 1.807) is 13.1 Å². The summed E-state index contributed by atoms with van der Waals surface area (Å²) in [6.07, 6.45) is 7.84. The molecule has 3 heterocycles. The number of H-pyrrole nitrogens is 1. The number of nitrogens with one attached hydrogen (secondary N) is 1. The van der Waals surface area contributed by atoms with Gasteiger partial charge in [0.25, 0.3) is 0 Å². The van der Waals surface area contributed by atoms with Gasteiger partial charge < -0.3 is 14.7 Å². The van der Waals surface area contributed by atoms with Gasteiger partial charge in [-0.25, -0.2) is 9.97 Å². The molecular weight excluding hydrogens is 302 g/mol. The van der Waals surface area contributed by atoms with Gasteiger partial charge in [-0.3, -0.25) is 0 Å². The highest BCUT2D eigenvalue weighted by Crippen LogP contribution is 2.38. The van der Waals surface area contributed by atoms with Gasteiger partial charge in [0.15, 0.2) is 0 Å². The minimum atomic E-state index is -0.622. The van der Waals surface area contributed by atoms with Gasteiger partial charge in [-0.05, 0) is 44.6 Å². The molecule has 1 fully saturated rings. The lowest BCUT2D eigenvalue weighted by Crippen LogP contribution is -2.20. The number of aliphatic hydroxyl groups is 1. The molecule has 0 spiro atoms. The number of pyridine rings is 1. The molecule has 4 rings (SSSR count). The summed E-state index contributed by atoms with van der Waals surface area (Å²) >= 11 is 0. The number of aromatic nitrogens is 4. The van der Waals surface area contributed by atoms with Crippen molar-refractivity contribution in [2.75, 3.05) is 0 Å². The fraction of sp³-hybridized carbons (Fsp3) is 0.500. The molecule has 0 radical (unpaired) electrons. The Hall–Kier alpha value is -2.39. The molecule has 3 aromatic rings. The first-order valence-corrected chi connectivity index (χ1v) is 8.58. The van der Waals surface area contributed by atoms with Crippen molar-refractivity contribution in [2.45, 2.75) is 51.2 Å². The quantitative estimate of drug-likeness (QED) is 0.770. The van der Waals surface area contributed by atoms with Crippen molar-refractivity contribution in [3.63, 3.8) is 0 Å². The van der Waals surface area contributed by atoms with Crippen molar-refractivity contribution in [1.82, 2.24) is 19.5 Å². The van der Waals surface area contributed by atoms with E-state index in [4.69, 9.17) is 5.26 Å². The van der Waals surface area contributed by atoms with Crippen LogP contribution in [0.2, 0.25) is 0 Å². The molecule has 0 bridgehead atoms. The molecule has 1 aliphatic rings. The highest BCUT2D eigenvalue weighted by atomic mass is 16.3. The Balaban J connectivity index is 1.82. The second kappa shape index (κ2) is 5.91. The fourth-order valence-corrected chi connectivity index (χ4v) is 4.01. The lowest BCUT2D eigenvalue weighted by Gasteiger charge is -2.30. The largest absolute Gasteiger partial charge is 0.385 e. The van der Waals surface area contributed by atoms with Gasteiger partial charge in [0.1, 0.15) is 23.1 Å². The number of aromatic amines is 1. The summed E-state index contributed by atoms with van der Waals surface area (Å²) in [4.78, 5) is 12.2. The van der Waals surface area contributed by atoms with Crippen LogP contribution in [0.25, 0.3) is 22.1 Å². The Morgan fingerprint density at radius 2 is 2.21 bits per heavy atom. The van der Waals surface area contributed by atoms with Crippen LogP contribution < -0.4 is 0 Å². The Morgan fingerprint density at radius 1 is 1.42 bits per heavy atom. The molecule has 0 saturated heterocycles. The third-order valence-corrected chi connectivity index (χ3v) is 5.20. The average Bonchev–Trinajstić information content (AvgIpc) is 3.19. The Kier molecular flexibility index (Phi) is 3.73. The van der Waals surface area contributed by atoms with Crippen LogP contribution in [-0.2, 0) is 0 Å². The van der Waals surface area contributed by atoms with Gasteiger partial charge in [0, 0.05) is 24.0 Å². The molecule has 1 saturated carbocycles. The summed E-state index contributed by atoms with van der Waals surface area (Å²) in [7, 11) is 0. The van der Waals surface area contributed by atoms with Crippen LogP contribution in [0.5, 0.6) is 0 Å². The Morgan fingerprint density at radius 3 is 2.92 bits per heavy atom. The molecule has 24 heavy (non-hydrogen) atoms. The molecule has 6 nitrogen and oxygen atoms in total. The molecule has 0 unspecified atom stereocenters. The van der Waals surface area contributed by atoms with Crippen molar-refractivity contribution >= 4 is 22.1 Å². The summed E-state index contributed by atoms with van der Waals surface area (Å²) in [5.41, 5.74) is 2.73. The third-order valence-electron chi connectivity index (χ3n) is 5.20. The minimum Gasteiger partial charge on any atom is -0.385 e. The number of rotatable bonds is 3. The van der Waals surface area contributed by atoms with E-state index in [2.05, 4.69) is 25.6 Å². The van der Waals surface area contributed by atoms with Crippen molar-refractivity contribution in [2.24, 2.45) is 5.92 Å². The Bertz CT molecular complexity index is 909. The zero-order valence-corrected chi connectivity index (χ0v) is 13.7. The number of nitriles is 1. The topological polar surface area (TPSA) is 90.5 Å². The number of hydrogen-bond donors (Lipinski definition) is 2. The van der Waals surface area contributed by atoms with Gasteiger partial charge in [-0.15, -0.1) is 0 Å². The second-order valence-electron chi connectivity index (χ2n) is 6.78. The SMILES string of the molecule is C[C@H](O)c1nc2cnc3[nH]ccc3c2n1C1CCC(CC#N)CC1. The van der Waals surface area contributed by atoms with E-state index in [9.17, 15) is 5.11 Å². The van der Waals surface area contributed by atoms with Gasteiger partial charge in [-0.2, -0.15) is 5.26 Å². The summed E-state index contributed by atoms with van der Waals surface area (Å²) < 4.78 is 2.22. The zero-order valence-electron chi connectivity index (χ0n) is 13.7. The number of imidazole rings is 1. The molecule has 0 aliphatic heterocycles. The first kappa shape index (κ1) is 15.2. The molecule has 2 N–H and O–H groups in total. The number of hydrogen-bond acceptors (Lipinski definition) is 4. The number of aliphatic hydroxyl groups excluding tert-OH is 1. The van der Waals surface area contributed by atoms with E-state index in [1.165, 1.54) is 0 Å². The molecule has 6 heteroatoms. The molecule has 3 aromatic heterocycles. The lowest BCUT2D eigenvalue weighted by molar-refractivity contribution is 0.175. The molecule has 124 valence electrons. The standard InChI is InChI=1S/C18H21N5O/c1-11(24)18-22-15-10-21-17-14(7-9-20-17)16(15)23(18)13-4-2-12(3-5-13)6-8-19/h7,9-13,24H,2-6H2,1H3,(H,20,21)/t11-,12?,13?/m0/s1. The van der Waals surface area contributed by atoms with Crippen LogP contribution in [0.1, 0.15) is 57.0 Å². The summed E-state index contributed by atoms with van der Waals surface area (Å²) in [6, 6.07) is 4.63. The van der Waals surface area contributed by atoms with Gasteiger partial charge in [0.05, 0.1) is 17.8 Å². The monoisotopic (exact) mass is 323 g/mol. The van der Waals surface area contributed by atoms with Gasteiger partial charge in [-0.1, -0.05) is 0 Å². The van der Waals surface area contributed by atoms with Crippen molar-refractivity contribution in [3.8, 4) is 6.07 Å². The van der Waals surface area contributed by atoms with E-state index in [-0.39, 0.29) is 0 Å². The normalized spacial score (nSPS) is 22.7. The highest BCUT2D eigenvalue weighted by Gasteiger charge is 2.27. The number of fused-ring (bicyclic) bond motifs is 3.